The zero-order valence-corrected chi connectivity index (χ0v) is 25.9. The smallest absolute Gasteiger partial charge is 0.303 e. The van der Waals surface area contributed by atoms with Crippen LogP contribution in [0.5, 0.6) is 0 Å². The van der Waals surface area contributed by atoms with Crippen LogP contribution in [0.2, 0.25) is 0 Å². The third-order valence-electron chi connectivity index (χ3n) is 11.4. The van der Waals surface area contributed by atoms with E-state index in [9.17, 15) is 30.3 Å². The van der Waals surface area contributed by atoms with Crippen LogP contribution in [0.25, 0.3) is 0 Å². The second-order valence-corrected chi connectivity index (χ2v) is 14.3. The summed E-state index contributed by atoms with van der Waals surface area (Å²) in [6.07, 6.45) is -1.41. The molecule has 0 aromatic heterocycles. The highest BCUT2D eigenvalue weighted by Crippen LogP contribution is 2.64. The summed E-state index contributed by atoms with van der Waals surface area (Å²) in [6, 6.07) is 0. The number of aliphatic hydroxyl groups is 5. The predicted octanol–water partition coefficient (Wildman–Crippen LogP) is 1.58. The lowest BCUT2D eigenvalue weighted by Gasteiger charge is -2.62. The summed E-state index contributed by atoms with van der Waals surface area (Å²) in [4.78, 5) is 11.4. The number of fused-ring (bicyclic) bond motifs is 3. The van der Waals surface area contributed by atoms with Gasteiger partial charge in [-0.25, -0.2) is 0 Å². The highest BCUT2D eigenvalue weighted by Gasteiger charge is 2.60. The van der Waals surface area contributed by atoms with Crippen LogP contribution in [0.4, 0.5) is 0 Å². The molecule has 0 aromatic carbocycles. The molecule has 11 heteroatoms. The molecule has 2 heterocycles. The van der Waals surface area contributed by atoms with Crippen molar-refractivity contribution in [3.05, 3.63) is 24.3 Å². The first-order valence-electron chi connectivity index (χ1n) is 15.6. The zero-order chi connectivity index (χ0) is 31.5. The summed E-state index contributed by atoms with van der Waals surface area (Å²) in [5, 5.41) is 51.7. The van der Waals surface area contributed by atoms with Crippen molar-refractivity contribution in [2.45, 2.75) is 128 Å². The Morgan fingerprint density at radius 3 is 2.33 bits per heavy atom. The van der Waals surface area contributed by atoms with E-state index < -0.39 is 67.2 Å². The lowest BCUT2D eigenvalue weighted by Crippen LogP contribution is -2.59. The molecule has 3 aliphatic carbocycles. The summed E-state index contributed by atoms with van der Waals surface area (Å²) in [7, 11) is 0. The minimum atomic E-state index is -1.39. The molecule has 4 fully saturated rings. The Labute approximate surface area is 253 Å². The van der Waals surface area contributed by atoms with Gasteiger partial charge in [-0.3, -0.25) is 4.79 Å². The van der Waals surface area contributed by atoms with Gasteiger partial charge in [0.25, 0.3) is 0 Å². The average molecular weight is 611 g/mol. The quantitative estimate of drug-likeness (QED) is 0.210. The fraction of sp³-hybridized carbons (Fsp3) is 0.844. The molecule has 43 heavy (non-hydrogen) atoms. The summed E-state index contributed by atoms with van der Waals surface area (Å²) in [6.45, 7) is 13.7. The first kappa shape index (κ1) is 33.0. The van der Waals surface area contributed by atoms with E-state index in [-0.39, 0.29) is 41.5 Å². The van der Waals surface area contributed by atoms with E-state index in [1.807, 2.05) is 6.08 Å². The van der Waals surface area contributed by atoms with E-state index in [1.165, 1.54) is 12.5 Å². The van der Waals surface area contributed by atoms with Crippen molar-refractivity contribution >= 4 is 5.97 Å². The Kier molecular flexibility index (Phi) is 9.26. The number of carbonyl (C=O) groups is 1. The van der Waals surface area contributed by atoms with Gasteiger partial charge in [-0.15, -0.1) is 6.58 Å². The molecule has 0 unspecified atom stereocenters. The first-order valence-corrected chi connectivity index (χ1v) is 15.6. The van der Waals surface area contributed by atoms with Crippen LogP contribution in [0.3, 0.4) is 0 Å². The Balaban J connectivity index is 1.33. The van der Waals surface area contributed by atoms with E-state index in [0.29, 0.717) is 6.42 Å². The van der Waals surface area contributed by atoms with Gasteiger partial charge in [0, 0.05) is 12.3 Å². The van der Waals surface area contributed by atoms with Gasteiger partial charge in [-0.2, -0.15) is 0 Å². The third kappa shape index (κ3) is 5.74. The molecule has 0 amide bonds. The first-order chi connectivity index (χ1) is 20.2. The Hall–Kier alpha value is -1.41. The summed E-state index contributed by atoms with van der Waals surface area (Å²) in [5.41, 5.74) is 0.481. The summed E-state index contributed by atoms with van der Waals surface area (Å²) < 4.78 is 29.3. The van der Waals surface area contributed by atoms with Crippen molar-refractivity contribution in [3.63, 3.8) is 0 Å². The van der Waals surface area contributed by atoms with Crippen LogP contribution in [0.15, 0.2) is 24.3 Å². The number of hydrogen-bond donors (Lipinski definition) is 5. The predicted molar refractivity (Wildman–Crippen MR) is 153 cm³/mol. The van der Waals surface area contributed by atoms with E-state index >= 15 is 0 Å². The molecular formula is C32H50O11. The van der Waals surface area contributed by atoms with Crippen LogP contribution < -0.4 is 0 Å². The largest absolute Gasteiger partial charge is 0.457 e. The van der Waals surface area contributed by atoms with Gasteiger partial charge < -0.3 is 49.2 Å². The van der Waals surface area contributed by atoms with Crippen molar-refractivity contribution in [2.24, 2.45) is 28.1 Å². The maximum atomic E-state index is 11.4. The molecule has 0 bridgehead atoms. The molecule has 5 aliphatic rings. The average Bonchev–Trinajstić information content (AvgIpc) is 3.22. The monoisotopic (exact) mass is 610 g/mol. The maximum absolute atomic E-state index is 11.4. The highest BCUT2D eigenvalue weighted by molar-refractivity contribution is 5.66. The third-order valence-corrected chi connectivity index (χ3v) is 11.4. The SMILES string of the molecule is C=C[C@@]1(C)C=C2CC[C@@H]3C(C)(C)[C@H](O[C@@H]4O[C@@H](CO)[C@H](O)[C@H]4O)CC[C@@]3(C)[C@H]2C[C@@H]1O[C@@H]1OC[C@@H](OC(C)=O)[C@H](O)[C@H]1O. The molecule has 14 atom stereocenters. The normalized spacial score (nSPS) is 49.4. The topological polar surface area (TPSA) is 164 Å². The number of carbonyl (C=O) groups excluding carboxylic acids is 1. The van der Waals surface area contributed by atoms with Gasteiger partial charge in [0.1, 0.15) is 30.5 Å². The van der Waals surface area contributed by atoms with Gasteiger partial charge in [0.2, 0.25) is 0 Å². The fourth-order valence-electron chi connectivity index (χ4n) is 8.79. The molecule has 2 aliphatic heterocycles. The Morgan fingerprint density at radius 1 is 1.02 bits per heavy atom. The molecule has 0 spiro atoms. The minimum absolute atomic E-state index is 0.0879. The van der Waals surface area contributed by atoms with Gasteiger partial charge >= 0.3 is 5.97 Å². The number of esters is 1. The van der Waals surface area contributed by atoms with Crippen molar-refractivity contribution in [2.75, 3.05) is 13.2 Å². The fourth-order valence-corrected chi connectivity index (χ4v) is 8.79. The second-order valence-electron chi connectivity index (χ2n) is 14.3. The summed E-state index contributed by atoms with van der Waals surface area (Å²) >= 11 is 0. The van der Waals surface area contributed by atoms with Crippen molar-refractivity contribution in [1.29, 1.82) is 0 Å². The number of rotatable bonds is 7. The van der Waals surface area contributed by atoms with E-state index in [1.54, 1.807) is 0 Å². The molecule has 0 aromatic rings. The molecule has 5 rings (SSSR count). The Morgan fingerprint density at radius 2 is 1.70 bits per heavy atom. The number of aliphatic hydroxyl groups excluding tert-OH is 5. The van der Waals surface area contributed by atoms with Crippen LogP contribution in [-0.2, 0) is 28.5 Å². The zero-order valence-electron chi connectivity index (χ0n) is 25.9. The van der Waals surface area contributed by atoms with E-state index in [2.05, 4.69) is 40.3 Å². The lowest BCUT2D eigenvalue weighted by atomic mass is 9.44. The summed E-state index contributed by atoms with van der Waals surface area (Å²) in [5.74, 6) is -0.0992. The number of hydrogen-bond acceptors (Lipinski definition) is 11. The molecule has 244 valence electrons. The molecule has 0 radical (unpaired) electrons. The van der Waals surface area contributed by atoms with Crippen molar-refractivity contribution in [1.82, 2.24) is 0 Å². The highest BCUT2D eigenvalue weighted by atomic mass is 16.7. The standard InChI is InChI=1S/C32H50O11/c1-7-31(5)13-17-8-9-21-30(3,4)22(42-29-27(38)24(35)19(14-33)41-29)10-11-32(21,6)18(17)12-23(31)43-28-26(37)25(36)20(15-39-28)40-16(2)34/h7,13,18-29,33,35-38H,1,8-12,14-15H2,2-6H3/t18-,19-,20+,21+,22+,23-,24-,25-,26+,27+,28-,29-,31-,32-/m0/s1. The van der Waals surface area contributed by atoms with Crippen LogP contribution in [-0.4, -0.2) is 106 Å². The minimum Gasteiger partial charge on any atom is -0.457 e. The van der Waals surface area contributed by atoms with Crippen molar-refractivity contribution < 1.29 is 54.0 Å². The Bertz CT molecular complexity index is 1080. The van der Waals surface area contributed by atoms with E-state index in [4.69, 9.17) is 23.7 Å². The molecule has 5 N–H and O–H groups in total. The maximum Gasteiger partial charge on any atom is 0.303 e. The molecule has 2 saturated heterocycles. The molecular weight excluding hydrogens is 560 g/mol. The van der Waals surface area contributed by atoms with Crippen LogP contribution in [0, 0.1) is 28.1 Å². The lowest BCUT2D eigenvalue weighted by molar-refractivity contribution is -0.294. The van der Waals surface area contributed by atoms with Gasteiger partial charge in [0.15, 0.2) is 18.7 Å². The van der Waals surface area contributed by atoms with Crippen LogP contribution >= 0.6 is 0 Å². The van der Waals surface area contributed by atoms with Gasteiger partial charge in [-0.05, 0) is 54.8 Å². The number of ether oxygens (including phenoxy) is 5. The van der Waals surface area contributed by atoms with E-state index in [0.717, 1.165) is 25.7 Å². The van der Waals surface area contributed by atoms with Gasteiger partial charge in [-0.1, -0.05) is 45.4 Å². The molecule has 11 nitrogen and oxygen atoms in total. The van der Waals surface area contributed by atoms with Crippen LogP contribution in [0.1, 0.15) is 66.7 Å². The van der Waals surface area contributed by atoms with Crippen molar-refractivity contribution in [3.8, 4) is 0 Å². The second kappa shape index (κ2) is 12.1. The number of allylic oxidation sites excluding steroid dienone is 1. The van der Waals surface area contributed by atoms with Gasteiger partial charge in [0.05, 0.1) is 25.4 Å². The molecule has 2 saturated carbocycles.